The molecule has 4 aromatic carbocycles. The van der Waals surface area contributed by atoms with E-state index < -0.39 is 53.6 Å². The summed E-state index contributed by atoms with van der Waals surface area (Å²) in [6.45, 7) is 1.39. The van der Waals surface area contributed by atoms with Gasteiger partial charge in [0, 0.05) is 6.42 Å². The van der Waals surface area contributed by atoms with E-state index >= 15 is 0 Å². The maximum absolute atomic E-state index is 13.8. The lowest BCUT2D eigenvalue weighted by molar-refractivity contribution is -0.141. The normalized spacial score (nSPS) is 14.9. The first kappa shape index (κ1) is 42.1. The molecule has 11 heteroatoms. The average Bonchev–Trinajstić information content (AvgIpc) is 3.23. The van der Waals surface area contributed by atoms with Crippen LogP contribution in [0.25, 0.3) is 11.1 Å². The number of carbonyl (C=O) groups is 6. The summed E-state index contributed by atoms with van der Waals surface area (Å²) in [5.41, 5.74) is 10.3. The Hall–Kier alpha value is -6.10. The highest BCUT2D eigenvalue weighted by Gasteiger charge is 2.33. The van der Waals surface area contributed by atoms with Crippen molar-refractivity contribution in [3.63, 3.8) is 0 Å². The predicted molar refractivity (Wildman–Crippen MR) is 219 cm³/mol. The van der Waals surface area contributed by atoms with Crippen LogP contribution in [0.4, 0.5) is 0 Å². The summed E-state index contributed by atoms with van der Waals surface area (Å²) in [7, 11) is 0. The highest BCUT2D eigenvalue weighted by atomic mass is 16.2. The lowest BCUT2D eigenvalue weighted by Crippen LogP contribution is -2.57. The van der Waals surface area contributed by atoms with Gasteiger partial charge in [-0.15, -0.1) is 0 Å². The van der Waals surface area contributed by atoms with Gasteiger partial charge in [-0.3, -0.25) is 28.8 Å². The van der Waals surface area contributed by atoms with Crippen molar-refractivity contribution in [3.05, 3.63) is 132 Å². The molecule has 11 nitrogen and oxygen atoms in total. The van der Waals surface area contributed by atoms with Crippen LogP contribution in [0.2, 0.25) is 0 Å². The van der Waals surface area contributed by atoms with Crippen molar-refractivity contribution in [2.45, 2.75) is 95.3 Å². The standard InChI is InChI=1S/C46H53N5O6/c1-31(48-44(55)38(27-24-32-14-6-2-7-15-32)49-41(52)30-34-18-10-4-11-19-34)42(53)46(57)51-40(29-33-16-8-3-9-17-33)45(56)50-39(43(47)54)28-35-22-25-37(26-23-35)36-20-12-5-13-21-36/h2,4-7,10-15,18-23,25-26,31,33,38-40H,3,8-9,16-17,24,27-30H2,1H3,(H2,47,54)(H,48,55)(H,49,52)(H,50,56)(H,51,57)/t31?,38-,39-,40-/m0/s1. The van der Waals surface area contributed by atoms with Crippen LogP contribution in [0.1, 0.15) is 68.6 Å². The van der Waals surface area contributed by atoms with Crippen LogP contribution < -0.4 is 27.0 Å². The summed E-state index contributed by atoms with van der Waals surface area (Å²) < 4.78 is 0. The van der Waals surface area contributed by atoms with Crippen molar-refractivity contribution in [1.29, 1.82) is 0 Å². The molecular formula is C46H53N5O6. The SMILES string of the molecule is CC(NC(=O)[C@H](CCc1ccccc1)NC(=O)Cc1ccccc1)C(=O)C(=O)N[C@@H](CC1CCCCC1)C(=O)N[C@@H](Cc1ccc(-c2ccccc2)cc1)C(N)=O. The van der Waals surface area contributed by atoms with Crippen LogP contribution in [0, 0.1) is 5.92 Å². The van der Waals surface area contributed by atoms with Crippen LogP contribution in [0.5, 0.6) is 0 Å². The van der Waals surface area contributed by atoms with Crippen LogP contribution in [0.15, 0.2) is 115 Å². The topological polar surface area (TPSA) is 177 Å². The molecule has 1 fully saturated rings. The Kier molecular flexibility index (Phi) is 15.7. The monoisotopic (exact) mass is 771 g/mol. The number of ketones is 1. The highest BCUT2D eigenvalue weighted by Crippen LogP contribution is 2.27. The molecule has 6 N–H and O–H groups in total. The second kappa shape index (κ2) is 21.3. The Labute approximate surface area is 334 Å². The minimum absolute atomic E-state index is 0.0639. The van der Waals surface area contributed by atoms with Crippen LogP contribution in [-0.2, 0) is 48.0 Å². The zero-order valence-electron chi connectivity index (χ0n) is 32.5. The van der Waals surface area contributed by atoms with E-state index in [-0.39, 0.29) is 37.5 Å². The van der Waals surface area contributed by atoms with Gasteiger partial charge in [-0.1, -0.05) is 147 Å². The molecule has 5 rings (SSSR count). The molecule has 0 radical (unpaired) electrons. The summed E-state index contributed by atoms with van der Waals surface area (Å²) in [5.74, 6) is -4.19. The molecule has 5 amide bonds. The summed E-state index contributed by atoms with van der Waals surface area (Å²) in [5, 5.41) is 10.8. The van der Waals surface area contributed by atoms with E-state index in [1.54, 1.807) is 0 Å². The minimum atomic E-state index is -1.27. The second-order valence-electron chi connectivity index (χ2n) is 14.9. The molecule has 4 aromatic rings. The van der Waals surface area contributed by atoms with Crippen LogP contribution in [0.3, 0.4) is 0 Å². The van der Waals surface area contributed by atoms with E-state index in [4.69, 9.17) is 5.73 Å². The molecule has 1 aliphatic rings. The van der Waals surface area contributed by atoms with Gasteiger partial charge in [0.15, 0.2) is 0 Å². The zero-order chi connectivity index (χ0) is 40.6. The lowest BCUT2D eigenvalue weighted by atomic mass is 9.84. The predicted octanol–water partition coefficient (Wildman–Crippen LogP) is 4.76. The first-order valence-corrected chi connectivity index (χ1v) is 19.8. The number of benzene rings is 4. The van der Waals surface area contributed by atoms with E-state index in [1.165, 1.54) is 6.92 Å². The van der Waals surface area contributed by atoms with Crippen molar-refractivity contribution >= 4 is 35.3 Å². The van der Waals surface area contributed by atoms with Gasteiger partial charge in [0.05, 0.1) is 12.5 Å². The van der Waals surface area contributed by atoms with Gasteiger partial charge in [-0.25, -0.2) is 0 Å². The third kappa shape index (κ3) is 13.3. The number of amides is 5. The maximum atomic E-state index is 13.8. The number of carbonyl (C=O) groups excluding carboxylic acids is 6. The number of hydrogen-bond donors (Lipinski definition) is 5. The van der Waals surface area contributed by atoms with Gasteiger partial charge in [-0.2, -0.15) is 0 Å². The molecular weight excluding hydrogens is 719 g/mol. The average molecular weight is 772 g/mol. The molecule has 0 spiro atoms. The Bertz CT molecular complexity index is 1950. The molecule has 1 aliphatic carbocycles. The molecule has 0 bridgehead atoms. The van der Waals surface area contributed by atoms with Gasteiger partial charge in [-0.05, 0) is 59.9 Å². The molecule has 57 heavy (non-hydrogen) atoms. The Morgan fingerprint density at radius 3 is 1.77 bits per heavy atom. The molecule has 0 saturated heterocycles. The molecule has 0 aromatic heterocycles. The third-order valence-corrected chi connectivity index (χ3v) is 10.5. The van der Waals surface area contributed by atoms with E-state index in [0.717, 1.165) is 59.9 Å². The zero-order valence-corrected chi connectivity index (χ0v) is 32.5. The number of rotatable bonds is 19. The molecule has 4 atom stereocenters. The Balaban J connectivity index is 1.23. The summed E-state index contributed by atoms with van der Waals surface area (Å²) in [6.07, 6.45) is 6.02. The largest absolute Gasteiger partial charge is 0.368 e. The fourth-order valence-electron chi connectivity index (χ4n) is 7.24. The molecule has 1 saturated carbocycles. The number of primary amides is 1. The Morgan fingerprint density at radius 1 is 0.596 bits per heavy atom. The first-order chi connectivity index (χ1) is 27.5. The number of Topliss-reactive ketones (excluding diaryl/α,β-unsaturated/α-hetero) is 1. The first-order valence-electron chi connectivity index (χ1n) is 19.8. The molecule has 0 heterocycles. The fourth-order valence-corrected chi connectivity index (χ4v) is 7.24. The maximum Gasteiger partial charge on any atom is 0.290 e. The van der Waals surface area contributed by atoms with Crippen molar-refractivity contribution in [1.82, 2.24) is 21.3 Å². The number of aryl methyl sites for hydroxylation is 1. The van der Waals surface area contributed by atoms with Crippen molar-refractivity contribution in [3.8, 4) is 11.1 Å². The van der Waals surface area contributed by atoms with E-state index in [0.29, 0.717) is 6.42 Å². The van der Waals surface area contributed by atoms with Gasteiger partial charge >= 0.3 is 0 Å². The summed E-state index contributed by atoms with van der Waals surface area (Å²) >= 11 is 0. The number of nitrogens with one attached hydrogen (secondary N) is 4. The molecule has 298 valence electrons. The smallest absolute Gasteiger partial charge is 0.290 e. The Morgan fingerprint density at radius 2 is 1.16 bits per heavy atom. The highest BCUT2D eigenvalue weighted by molar-refractivity contribution is 6.38. The second-order valence-corrected chi connectivity index (χ2v) is 14.9. The van der Waals surface area contributed by atoms with Gasteiger partial charge in [0.1, 0.15) is 18.1 Å². The van der Waals surface area contributed by atoms with Crippen LogP contribution in [-0.4, -0.2) is 59.5 Å². The van der Waals surface area contributed by atoms with E-state index in [2.05, 4.69) is 21.3 Å². The molecule has 0 aliphatic heterocycles. The number of nitrogens with two attached hydrogens (primary N) is 1. The van der Waals surface area contributed by atoms with Gasteiger partial charge in [0.25, 0.3) is 5.91 Å². The summed E-state index contributed by atoms with van der Waals surface area (Å²) in [6, 6.07) is 31.7. The van der Waals surface area contributed by atoms with Gasteiger partial charge < -0.3 is 27.0 Å². The van der Waals surface area contributed by atoms with Gasteiger partial charge in [0.2, 0.25) is 29.4 Å². The summed E-state index contributed by atoms with van der Waals surface area (Å²) in [4.78, 5) is 80.0. The van der Waals surface area contributed by atoms with E-state index in [1.807, 2.05) is 115 Å². The number of hydrogen-bond acceptors (Lipinski definition) is 6. The van der Waals surface area contributed by atoms with Crippen molar-refractivity contribution in [2.24, 2.45) is 11.7 Å². The lowest BCUT2D eigenvalue weighted by Gasteiger charge is -2.28. The van der Waals surface area contributed by atoms with Crippen molar-refractivity contribution in [2.75, 3.05) is 0 Å². The minimum Gasteiger partial charge on any atom is -0.368 e. The molecule has 1 unspecified atom stereocenters. The quantitative estimate of drug-likeness (QED) is 0.0860. The van der Waals surface area contributed by atoms with Crippen LogP contribution >= 0.6 is 0 Å². The van der Waals surface area contributed by atoms with E-state index in [9.17, 15) is 28.8 Å². The fraction of sp³-hybridized carbons (Fsp3) is 0.348. The third-order valence-electron chi connectivity index (χ3n) is 10.5. The van der Waals surface area contributed by atoms with Crippen molar-refractivity contribution < 1.29 is 28.8 Å².